The van der Waals surface area contributed by atoms with E-state index < -0.39 is 11.0 Å². The minimum atomic E-state index is -0.562. The molecular weight excluding hydrogens is 252 g/mol. The van der Waals surface area contributed by atoms with Crippen LogP contribution in [0.15, 0.2) is 18.2 Å². The lowest BCUT2D eigenvalue weighted by atomic mass is 10.2. The maximum absolute atomic E-state index is 11.9. The minimum absolute atomic E-state index is 0.145. The molecule has 7 heteroatoms. The van der Waals surface area contributed by atoms with Gasteiger partial charge in [0.25, 0.3) is 11.6 Å². The first-order valence-corrected chi connectivity index (χ1v) is 5.86. The number of nitro groups is 1. The highest BCUT2D eigenvalue weighted by Crippen LogP contribution is 2.29. The van der Waals surface area contributed by atoms with Crippen molar-refractivity contribution in [1.82, 2.24) is 0 Å². The van der Waals surface area contributed by atoms with Crippen LogP contribution in [0.4, 0.5) is 11.4 Å². The van der Waals surface area contributed by atoms with Gasteiger partial charge >= 0.3 is 0 Å². The van der Waals surface area contributed by atoms with Crippen molar-refractivity contribution in [3.8, 4) is 5.75 Å². The van der Waals surface area contributed by atoms with Crippen LogP contribution in [0.2, 0.25) is 0 Å². The first-order chi connectivity index (χ1) is 9.11. The quantitative estimate of drug-likeness (QED) is 0.661. The van der Waals surface area contributed by atoms with Crippen LogP contribution in [0.3, 0.4) is 0 Å². The number of nitrogens with zero attached hydrogens (tertiary/aromatic N) is 1. The molecule has 1 aromatic rings. The van der Waals surface area contributed by atoms with Gasteiger partial charge in [0.05, 0.1) is 18.1 Å². The summed E-state index contributed by atoms with van der Waals surface area (Å²) in [7, 11) is 1.42. The van der Waals surface area contributed by atoms with E-state index in [1.54, 1.807) is 6.07 Å². The molecule has 1 heterocycles. The molecule has 19 heavy (non-hydrogen) atoms. The minimum Gasteiger partial charge on any atom is -0.496 e. The number of rotatable bonds is 4. The first kappa shape index (κ1) is 13.3. The second-order valence-electron chi connectivity index (χ2n) is 4.13. The first-order valence-electron chi connectivity index (χ1n) is 5.86. The molecule has 1 saturated heterocycles. The Balaban J connectivity index is 2.19. The van der Waals surface area contributed by atoms with Crippen LogP contribution in [0.25, 0.3) is 0 Å². The molecule has 102 valence electrons. The van der Waals surface area contributed by atoms with Crippen LogP contribution in [0.1, 0.15) is 12.8 Å². The average molecular weight is 266 g/mol. The summed E-state index contributed by atoms with van der Waals surface area (Å²) in [6, 6.07) is 4.27. The van der Waals surface area contributed by atoms with E-state index in [-0.39, 0.29) is 17.3 Å². The summed E-state index contributed by atoms with van der Waals surface area (Å²) in [5, 5.41) is 13.5. The third-order valence-electron chi connectivity index (χ3n) is 2.88. The van der Waals surface area contributed by atoms with Gasteiger partial charge < -0.3 is 14.8 Å². The molecule has 0 unspecified atom stereocenters. The average Bonchev–Trinajstić information content (AvgIpc) is 2.92. The van der Waals surface area contributed by atoms with Crippen molar-refractivity contribution in [3.05, 3.63) is 28.3 Å². The number of ether oxygens (including phenoxy) is 2. The van der Waals surface area contributed by atoms with Gasteiger partial charge in [-0.3, -0.25) is 14.9 Å². The van der Waals surface area contributed by atoms with E-state index in [0.29, 0.717) is 18.8 Å². The summed E-state index contributed by atoms with van der Waals surface area (Å²) in [4.78, 5) is 22.3. The highest BCUT2D eigenvalue weighted by molar-refractivity contribution is 5.96. The van der Waals surface area contributed by atoms with Gasteiger partial charge in [0.1, 0.15) is 17.5 Å². The van der Waals surface area contributed by atoms with Crippen LogP contribution in [-0.4, -0.2) is 30.7 Å². The Morgan fingerprint density at radius 3 is 2.95 bits per heavy atom. The van der Waals surface area contributed by atoms with Crippen molar-refractivity contribution in [2.45, 2.75) is 18.9 Å². The van der Waals surface area contributed by atoms with E-state index >= 15 is 0 Å². The zero-order chi connectivity index (χ0) is 13.8. The Bertz CT molecular complexity index is 497. The molecule has 1 fully saturated rings. The number of carbonyl (C=O) groups excluding carboxylic acids is 1. The third kappa shape index (κ3) is 3.00. The summed E-state index contributed by atoms with van der Waals surface area (Å²) in [6.07, 6.45) is 0.931. The highest BCUT2D eigenvalue weighted by Gasteiger charge is 2.26. The van der Waals surface area contributed by atoms with Crippen LogP contribution >= 0.6 is 0 Å². The second kappa shape index (κ2) is 5.66. The van der Waals surface area contributed by atoms with Crippen LogP contribution < -0.4 is 10.1 Å². The summed E-state index contributed by atoms with van der Waals surface area (Å²) in [6.45, 7) is 0.544. The van der Waals surface area contributed by atoms with Gasteiger partial charge in [0.15, 0.2) is 0 Å². The maximum atomic E-state index is 11.9. The lowest BCUT2D eigenvalue weighted by Gasteiger charge is -2.11. The molecule has 0 saturated carbocycles. The topological polar surface area (TPSA) is 90.7 Å². The number of methoxy groups -OCH3 is 1. The van der Waals surface area contributed by atoms with Crippen LogP contribution in [0, 0.1) is 10.1 Å². The molecule has 1 aliphatic heterocycles. The van der Waals surface area contributed by atoms with E-state index in [1.165, 1.54) is 19.2 Å². The molecule has 1 N–H and O–H groups in total. The molecule has 1 aromatic carbocycles. The fourth-order valence-corrected chi connectivity index (χ4v) is 1.89. The Labute approximate surface area is 109 Å². The molecular formula is C12H14N2O5. The number of benzene rings is 1. The number of amides is 1. The van der Waals surface area contributed by atoms with E-state index in [4.69, 9.17) is 9.47 Å². The molecule has 0 aliphatic carbocycles. The molecule has 7 nitrogen and oxygen atoms in total. The zero-order valence-electron chi connectivity index (χ0n) is 10.4. The largest absolute Gasteiger partial charge is 0.496 e. The lowest BCUT2D eigenvalue weighted by Crippen LogP contribution is -2.27. The maximum Gasteiger partial charge on any atom is 0.296 e. The van der Waals surface area contributed by atoms with E-state index in [9.17, 15) is 14.9 Å². The van der Waals surface area contributed by atoms with Crippen molar-refractivity contribution in [2.75, 3.05) is 19.0 Å². The Morgan fingerprint density at radius 2 is 2.37 bits per heavy atom. The fraction of sp³-hybridized carbons (Fsp3) is 0.417. The second-order valence-corrected chi connectivity index (χ2v) is 4.13. The van der Waals surface area contributed by atoms with E-state index in [2.05, 4.69) is 5.32 Å². The molecule has 0 spiro atoms. The predicted molar refractivity (Wildman–Crippen MR) is 67.3 cm³/mol. The van der Waals surface area contributed by atoms with Gasteiger partial charge in [0, 0.05) is 6.61 Å². The van der Waals surface area contributed by atoms with Crippen LogP contribution in [0.5, 0.6) is 5.75 Å². The number of carbonyl (C=O) groups is 1. The molecule has 1 amide bonds. The molecule has 2 rings (SSSR count). The van der Waals surface area contributed by atoms with Gasteiger partial charge in [-0.25, -0.2) is 0 Å². The number of nitro benzene ring substituents is 1. The molecule has 1 atom stereocenters. The Kier molecular flexibility index (Phi) is 3.96. The van der Waals surface area contributed by atoms with Crippen molar-refractivity contribution in [2.24, 2.45) is 0 Å². The predicted octanol–water partition coefficient (Wildman–Crippen LogP) is 1.72. The smallest absolute Gasteiger partial charge is 0.296 e. The summed E-state index contributed by atoms with van der Waals surface area (Å²) in [5.41, 5.74) is -0.0583. The lowest BCUT2D eigenvalue weighted by molar-refractivity contribution is -0.384. The number of hydrogen-bond acceptors (Lipinski definition) is 5. The summed E-state index contributed by atoms with van der Waals surface area (Å²) >= 11 is 0. The van der Waals surface area contributed by atoms with Crippen molar-refractivity contribution < 1.29 is 19.2 Å². The van der Waals surface area contributed by atoms with Crippen molar-refractivity contribution in [1.29, 1.82) is 0 Å². The SMILES string of the molecule is COc1ccc(NC(=O)[C@@H]2CCCO2)c([N+](=O)[O-])c1. The van der Waals surface area contributed by atoms with E-state index in [1.807, 2.05) is 0 Å². The monoisotopic (exact) mass is 266 g/mol. The Hall–Kier alpha value is -2.15. The number of anilines is 1. The van der Waals surface area contributed by atoms with Gasteiger partial charge in [0.2, 0.25) is 0 Å². The Morgan fingerprint density at radius 1 is 1.58 bits per heavy atom. The molecule has 0 aromatic heterocycles. The standard InChI is InChI=1S/C12H14N2O5/c1-18-8-4-5-9(10(7-8)14(16)17)13-12(15)11-3-2-6-19-11/h4-5,7,11H,2-3,6H2,1H3,(H,13,15)/t11-/m0/s1. The molecule has 0 bridgehead atoms. The van der Waals surface area contributed by atoms with Crippen LogP contribution in [-0.2, 0) is 9.53 Å². The number of hydrogen-bond donors (Lipinski definition) is 1. The van der Waals surface area contributed by atoms with Gasteiger partial charge in [-0.15, -0.1) is 0 Å². The summed E-state index contributed by atoms with van der Waals surface area (Å²) in [5.74, 6) is 0.00702. The van der Waals surface area contributed by atoms with Crippen molar-refractivity contribution >= 4 is 17.3 Å². The normalized spacial score (nSPS) is 18.1. The van der Waals surface area contributed by atoms with Gasteiger partial charge in [-0.2, -0.15) is 0 Å². The number of nitrogens with one attached hydrogen (secondary N) is 1. The highest BCUT2D eigenvalue weighted by atomic mass is 16.6. The molecule has 1 aliphatic rings. The third-order valence-corrected chi connectivity index (χ3v) is 2.88. The molecule has 0 radical (unpaired) electrons. The fourth-order valence-electron chi connectivity index (χ4n) is 1.89. The van der Waals surface area contributed by atoms with E-state index in [0.717, 1.165) is 6.42 Å². The van der Waals surface area contributed by atoms with Gasteiger partial charge in [-0.1, -0.05) is 0 Å². The van der Waals surface area contributed by atoms with Crippen molar-refractivity contribution in [3.63, 3.8) is 0 Å². The van der Waals surface area contributed by atoms with Gasteiger partial charge in [-0.05, 0) is 25.0 Å². The summed E-state index contributed by atoms with van der Waals surface area (Å²) < 4.78 is 10.1. The zero-order valence-corrected chi connectivity index (χ0v) is 10.4.